The Kier molecular flexibility index (Phi) is 5.53. The van der Waals surface area contributed by atoms with Crippen LogP contribution in [-0.2, 0) is 17.8 Å². The molecule has 1 aliphatic rings. The first-order valence-corrected chi connectivity index (χ1v) is 10.2. The van der Waals surface area contributed by atoms with Gasteiger partial charge in [0, 0.05) is 25.0 Å². The number of aliphatic carboxylic acids is 1. The van der Waals surface area contributed by atoms with Crippen molar-refractivity contribution in [3.05, 3.63) is 59.3 Å². The Labute approximate surface area is 170 Å². The van der Waals surface area contributed by atoms with Gasteiger partial charge in [-0.2, -0.15) is 5.10 Å². The predicted octanol–water partition coefficient (Wildman–Crippen LogP) is 4.17. The van der Waals surface area contributed by atoms with E-state index in [1.54, 1.807) is 0 Å². The number of nitrogens with zero attached hydrogens (tertiary/aromatic N) is 2. The van der Waals surface area contributed by atoms with Crippen LogP contribution in [0.25, 0.3) is 10.9 Å². The highest BCUT2D eigenvalue weighted by molar-refractivity contribution is 5.78. The van der Waals surface area contributed by atoms with Crippen molar-refractivity contribution in [2.45, 2.75) is 39.3 Å². The lowest BCUT2D eigenvalue weighted by Gasteiger charge is -2.31. The second-order valence-electron chi connectivity index (χ2n) is 8.06. The quantitative estimate of drug-likeness (QED) is 0.630. The van der Waals surface area contributed by atoms with E-state index in [-0.39, 0.29) is 12.5 Å². The number of H-pyrrole nitrogens is 1. The fraction of sp³-hybridized carbons (Fsp3) is 0.391. The molecule has 1 aromatic heterocycles. The first kappa shape index (κ1) is 19.5. The second-order valence-corrected chi connectivity index (χ2v) is 8.06. The minimum atomic E-state index is -0.748. The van der Waals surface area contributed by atoms with Gasteiger partial charge in [0.1, 0.15) is 11.9 Å². The van der Waals surface area contributed by atoms with Crippen molar-refractivity contribution in [1.82, 2.24) is 15.1 Å². The molecule has 0 saturated carbocycles. The van der Waals surface area contributed by atoms with Crippen molar-refractivity contribution in [3.63, 3.8) is 0 Å². The van der Waals surface area contributed by atoms with Gasteiger partial charge in [0.05, 0.1) is 18.1 Å². The maximum absolute atomic E-state index is 10.9. The normalized spacial score (nSPS) is 15.4. The zero-order valence-electron chi connectivity index (χ0n) is 16.9. The molecule has 4 rings (SSSR count). The van der Waals surface area contributed by atoms with Gasteiger partial charge in [0.15, 0.2) is 0 Å². The van der Waals surface area contributed by atoms with E-state index in [0.29, 0.717) is 12.5 Å². The van der Waals surface area contributed by atoms with Crippen molar-refractivity contribution in [2.24, 2.45) is 5.92 Å². The molecule has 0 saturated heterocycles. The highest BCUT2D eigenvalue weighted by atomic mass is 16.5. The lowest BCUT2D eigenvalue weighted by Crippen LogP contribution is -2.32. The molecule has 2 aromatic carbocycles. The molecule has 2 N–H and O–H groups in total. The minimum absolute atomic E-state index is 0.0501. The zero-order chi connectivity index (χ0) is 20.4. The summed E-state index contributed by atoms with van der Waals surface area (Å²) in [4.78, 5) is 13.1. The topological polar surface area (TPSA) is 78.5 Å². The molecule has 3 aromatic rings. The van der Waals surface area contributed by atoms with Gasteiger partial charge in [-0.25, -0.2) is 0 Å². The van der Waals surface area contributed by atoms with Crippen LogP contribution in [0.5, 0.6) is 5.75 Å². The van der Waals surface area contributed by atoms with Crippen LogP contribution >= 0.6 is 0 Å². The maximum Gasteiger partial charge on any atom is 0.304 e. The maximum atomic E-state index is 10.9. The smallest absolute Gasteiger partial charge is 0.304 e. The summed E-state index contributed by atoms with van der Waals surface area (Å²) >= 11 is 0. The highest BCUT2D eigenvalue weighted by Crippen LogP contribution is 2.35. The number of rotatable bonds is 7. The average molecular weight is 393 g/mol. The van der Waals surface area contributed by atoms with E-state index in [1.807, 2.05) is 12.3 Å². The minimum Gasteiger partial charge on any atom is -0.485 e. The summed E-state index contributed by atoms with van der Waals surface area (Å²) in [6.45, 7) is 6.56. The molecule has 1 unspecified atom stereocenters. The number of carbonyl (C=O) groups is 1. The monoisotopic (exact) mass is 393 g/mol. The predicted molar refractivity (Wildman–Crippen MR) is 112 cm³/mol. The Hall–Kier alpha value is -2.86. The number of carboxylic acids is 1. The van der Waals surface area contributed by atoms with Crippen LogP contribution in [0, 0.1) is 5.92 Å². The standard InChI is InChI=1S/C23H27N3O3/c1-15(2)23(16-6-7-20-18(12-16)13-24-25-20)29-21-5-3-4-17-14-26(10-8-19(17)21)11-9-22(27)28/h3-7,12-13,15,23H,8-11,14H2,1-2H3,(H,24,25)(H,27,28). The summed E-state index contributed by atoms with van der Waals surface area (Å²) in [6, 6.07) is 12.5. The van der Waals surface area contributed by atoms with Crippen molar-refractivity contribution in [3.8, 4) is 5.75 Å². The summed E-state index contributed by atoms with van der Waals surface area (Å²) in [5, 5.41) is 17.1. The molecule has 1 atom stereocenters. The number of hydrogen-bond donors (Lipinski definition) is 2. The van der Waals surface area contributed by atoms with Gasteiger partial charge >= 0.3 is 5.97 Å². The van der Waals surface area contributed by atoms with E-state index in [4.69, 9.17) is 9.84 Å². The number of aromatic amines is 1. The molecule has 2 heterocycles. The number of fused-ring (bicyclic) bond motifs is 2. The van der Waals surface area contributed by atoms with Gasteiger partial charge in [-0.15, -0.1) is 0 Å². The summed E-state index contributed by atoms with van der Waals surface area (Å²) in [6.07, 6.45) is 2.84. The van der Waals surface area contributed by atoms with Crippen LogP contribution < -0.4 is 4.74 Å². The third kappa shape index (κ3) is 4.27. The summed E-state index contributed by atoms with van der Waals surface area (Å²) in [7, 11) is 0. The third-order valence-electron chi connectivity index (χ3n) is 5.60. The summed E-state index contributed by atoms with van der Waals surface area (Å²) in [5.74, 6) is 0.500. The lowest BCUT2D eigenvalue weighted by molar-refractivity contribution is -0.137. The fourth-order valence-corrected chi connectivity index (χ4v) is 4.05. The van der Waals surface area contributed by atoms with E-state index in [2.05, 4.69) is 59.3 Å². The van der Waals surface area contributed by atoms with Crippen molar-refractivity contribution in [2.75, 3.05) is 13.1 Å². The molecule has 6 nitrogen and oxygen atoms in total. The molecule has 152 valence electrons. The molecule has 0 spiro atoms. The van der Waals surface area contributed by atoms with Gasteiger partial charge in [0.25, 0.3) is 0 Å². The largest absolute Gasteiger partial charge is 0.485 e. The number of aromatic nitrogens is 2. The SMILES string of the molecule is CC(C)C(Oc1cccc2c1CCN(CCC(=O)O)C2)c1ccc2[nH]ncc2c1. The van der Waals surface area contributed by atoms with E-state index in [0.717, 1.165) is 41.7 Å². The van der Waals surface area contributed by atoms with Gasteiger partial charge in [-0.05, 0) is 47.2 Å². The highest BCUT2D eigenvalue weighted by Gasteiger charge is 2.24. The van der Waals surface area contributed by atoms with Crippen LogP contribution in [-0.4, -0.2) is 39.3 Å². The zero-order valence-corrected chi connectivity index (χ0v) is 16.9. The molecular formula is C23H27N3O3. The molecule has 0 amide bonds. The molecule has 6 heteroatoms. The van der Waals surface area contributed by atoms with E-state index in [9.17, 15) is 4.79 Å². The van der Waals surface area contributed by atoms with Crippen LogP contribution in [0.4, 0.5) is 0 Å². The number of hydrogen-bond acceptors (Lipinski definition) is 4. The molecule has 0 bridgehead atoms. The van der Waals surface area contributed by atoms with Crippen LogP contribution in [0.2, 0.25) is 0 Å². The van der Waals surface area contributed by atoms with Crippen LogP contribution in [0.15, 0.2) is 42.6 Å². The van der Waals surface area contributed by atoms with Crippen molar-refractivity contribution in [1.29, 1.82) is 0 Å². The first-order valence-electron chi connectivity index (χ1n) is 10.2. The summed E-state index contributed by atoms with van der Waals surface area (Å²) in [5.41, 5.74) is 4.64. The first-order chi connectivity index (χ1) is 14.0. The number of nitrogens with one attached hydrogen (secondary N) is 1. The van der Waals surface area contributed by atoms with Crippen molar-refractivity contribution >= 4 is 16.9 Å². The molecule has 0 radical (unpaired) electrons. The number of benzene rings is 2. The van der Waals surface area contributed by atoms with Crippen molar-refractivity contribution < 1.29 is 14.6 Å². The Bertz CT molecular complexity index is 1010. The van der Waals surface area contributed by atoms with E-state index >= 15 is 0 Å². The Morgan fingerprint density at radius 2 is 2.17 bits per heavy atom. The van der Waals surface area contributed by atoms with E-state index in [1.165, 1.54) is 11.1 Å². The fourth-order valence-electron chi connectivity index (χ4n) is 4.05. The van der Waals surface area contributed by atoms with Crippen LogP contribution in [0.1, 0.15) is 43.1 Å². The van der Waals surface area contributed by atoms with Gasteiger partial charge < -0.3 is 9.84 Å². The molecule has 0 aliphatic carbocycles. The average Bonchev–Trinajstić information content (AvgIpc) is 3.17. The van der Waals surface area contributed by atoms with Gasteiger partial charge in [-0.3, -0.25) is 14.8 Å². The number of ether oxygens (including phenoxy) is 1. The third-order valence-corrected chi connectivity index (χ3v) is 5.60. The second kappa shape index (κ2) is 8.25. The molecule has 0 fully saturated rings. The molecule has 29 heavy (non-hydrogen) atoms. The van der Waals surface area contributed by atoms with E-state index < -0.39 is 5.97 Å². The Morgan fingerprint density at radius 1 is 1.31 bits per heavy atom. The van der Waals surface area contributed by atoms with Gasteiger partial charge in [-0.1, -0.05) is 32.0 Å². The molecular weight excluding hydrogens is 366 g/mol. The lowest BCUT2D eigenvalue weighted by atomic mass is 9.96. The van der Waals surface area contributed by atoms with Gasteiger partial charge in [0.2, 0.25) is 0 Å². The Balaban J connectivity index is 1.56. The summed E-state index contributed by atoms with van der Waals surface area (Å²) < 4.78 is 6.58. The Morgan fingerprint density at radius 3 is 2.97 bits per heavy atom. The number of carboxylic acid groups (broad SMARTS) is 1. The van der Waals surface area contributed by atoms with Crippen LogP contribution in [0.3, 0.4) is 0 Å². The molecule has 1 aliphatic heterocycles.